The Bertz CT molecular complexity index is 372. The van der Waals surface area contributed by atoms with Gasteiger partial charge in [0.1, 0.15) is 12.0 Å². The van der Waals surface area contributed by atoms with Crippen LogP contribution in [0.3, 0.4) is 0 Å². The highest BCUT2D eigenvalue weighted by Gasteiger charge is 2.09. The van der Waals surface area contributed by atoms with Crippen LogP contribution in [0.15, 0.2) is 17.5 Å². The molecular formula is C7H11N5O3. The molecule has 2 N–H and O–H groups in total. The van der Waals surface area contributed by atoms with Crippen molar-refractivity contribution >= 4 is 11.7 Å². The van der Waals surface area contributed by atoms with Gasteiger partial charge in [0.05, 0.1) is 0 Å². The Hall–Kier alpha value is -1.96. The number of aliphatic imine (C=N–C) groups is 1. The van der Waals surface area contributed by atoms with E-state index >= 15 is 0 Å². The molecule has 0 unspecified atom stereocenters. The van der Waals surface area contributed by atoms with Gasteiger partial charge in [-0.2, -0.15) is 0 Å². The number of aryl methyl sites for hydroxylation is 1. The van der Waals surface area contributed by atoms with Crippen molar-refractivity contribution in [3.63, 3.8) is 0 Å². The van der Waals surface area contributed by atoms with Crippen molar-refractivity contribution in [2.45, 2.75) is 13.0 Å². The molecule has 15 heavy (non-hydrogen) atoms. The summed E-state index contributed by atoms with van der Waals surface area (Å²) in [5.41, 5.74) is 1.93. The van der Waals surface area contributed by atoms with Gasteiger partial charge in [-0.1, -0.05) is 0 Å². The summed E-state index contributed by atoms with van der Waals surface area (Å²) in [5, 5.41) is 18.9. The van der Waals surface area contributed by atoms with E-state index in [1.54, 1.807) is 4.57 Å². The molecule has 0 aliphatic carbocycles. The van der Waals surface area contributed by atoms with Crippen LogP contribution < -0.4 is 5.48 Å². The molecule has 0 atom stereocenters. The molecule has 0 saturated heterocycles. The van der Waals surface area contributed by atoms with Crippen molar-refractivity contribution in [2.75, 3.05) is 7.05 Å². The van der Waals surface area contributed by atoms with E-state index in [1.165, 1.54) is 19.6 Å². The van der Waals surface area contributed by atoms with Crippen molar-refractivity contribution in [1.82, 2.24) is 15.0 Å². The number of nitro groups is 1. The molecule has 0 aliphatic rings. The maximum Gasteiger partial charge on any atom is 0.381 e. The molecule has 1 heterocycles. The third kappa shape index (κ3) is 3.02. The topological polar surface area (TPSA) is 106 Å². The number of nitrogens with one attached hydrogen (secondary N) is 1. The first-order valence-corrected chi connectivity index (χ1v) is 4.19. The standard InChI is InChI=1S/C7H11N5O3/c1-8-6(10-13)2-3-11-4-7(9-5-11)12(14)15/h4-5,13H,2-3H2,1H3,(H,8,10). The van der Waals surface area contributed by atoms with Gasteiger partial charge in [0.15, 0.2) is 0 Å². The summed E-state index contributed by atoms with van der Waals surface area (Å²) in [6.45, 7) is 0.459. The first kappa shape index (κ1) is 11.1. The number of amidine groups is 1. The zero-order valence-corrected chi connectivity index (χ0v) is 8.12. The second kappa shape index (κ2) is 5.05. The summed E-state index contributed by atoms with van der Waals surface area (Å²) < 4.78 is 1.56. The first-order valence-electron chi connectivity index (χ1n) is 4.19. The molecule has 1 aromatic rings. The minimum Gasteiger partial charge on any atom is -0.358 e. The Labute approximate surface area is 85.4 Å². The summed E-state index contributed by atoms with van der Waals surface area (Å²) >= 11 is 0. The average Bonchev–Trinajstić information content (AvgIpc) is 2.68. The molecule has 0 saturated carbocycles. The van der Waals surface area contributed by atoms with Gasteiger partial charge in [-0.05, 0) is 9.91 Å². The average molecular weight is 213 g/mol. The van der Waals surface area contributed by atoms with Crippen LogP contribution in [0.5, 0.6) is 0 Å². The monoisotopic (exact) mass is 213 g/mol. The van der Waals surface area contributed by atoms with Crippen LogP contribution >= 0.6 is 0 Å². The van der Waals surface area contributed by atoms with E-state index < -0.39 is 4.92 Å². The number of nitrogens with zero attached hydrogens (tertiary/aromatic N) is 4. The molecule has 82 valence electrons. The van der Waals surface area contributed by atoms with Crippen LogP contribution in [0.2, 0.25) is 0 Å². The Morgan fingerprint density at radius 3 is 3.07 bits per heavy atom. The Morgan fingerprint density at radius 1 is 1.87 bits per heavy atom. The quantitative estimate of drug-likeness (QED) is 0.321. The van der Waals surface area contributed by atoms with E-state index in [-0.39, 0.29) is 5.82 Å². The molecule has 1 aromatic heterocycles. The van der Waals surface area contributed by atoms with E-state index in [0.717, 1.165) is 0 Å². The summed E-state index contributed by atoms with van der Waals surface area (Å²) in [4.78, 5) is 17.1. The summed E-state index contributed by atoms with van der Waals surface area (Å²) in [6.07, 6.45) is 3.13. The molecule has 0 fully saturated rings. The van der Waals surface area contributed by atoms with Gasteiger partial charge in [-0.3, -0.25) is 15.7 Å². The van der Waals surface area contributed by atoms with Crippen molar-refractivity contribution < 1.29 is 10.1 Å². The van der Waals surface area contributed by atoms with Gasteiger partial charge in [0.2, 0.25) is 6.33 Å². The van der Waals surface area contributed by atoms with Crippen LogP contribution in [-0.4, -0.2) is 32.6 Å². The van der Waals surface area contributed by atoms with E-state index in [2.05, 4.69) is 9.98 Å². The maximum absolute atomic E-state index is 10.3. The second-order valence-corrected chi connectivity index (χ2v) is 2.76. The minimum atomic E-state index is -0.560. The number of imidazole rings is 1. The molecule has 0 aromatic carbocycles. The zero-order valence-electron chi connectivity index (χ0n) is 8.12. The van der Waals surface area contributed by atoms with Crippen LogP contribution in [0, 0.1) is 10.1 Å². The number of rotatable bonds is 4. The van der Waals surface area contributed by atoms with Crippen molar-refractivity contribution in [3.8, 4) is 0 Å². The van der Waals surface area contributed by atoms with Gasteiger partial charge in [-0.25, -0.2) is 0 Å². The lowest BCUT2D eigenvalue weighted by atomic mass is 10.4. The lowest BCUT2D eigenvalue weighted by Crippen LogP contribution is -2.20. The number of aromatic nitrogens is 2. The normalized spacial score (nSPS) is 11.5. The highest BCUT2D eigenvalue weighted by molar-refractivity contribution is 5.80. The van der Waals surface area contributed by atoms with E-state index in [4.69, 9.17) is 5.21 Å². The third-order valence-electron chi connectivity index (χ3n) is 1.81. The maximum atomic E-state index is 10.3. The van der Waals surface area contributed by atoms with Crippen molar-refractivity contribution in [3.05, 3.63) is 22.6 Å². The molecule has 0 radical (unpaired) electrons. The summed E-state index contributed by atoms with van der Waals surface area (Å²) in [7, 11) is 1.54. The lowest BCUT2D eigenvalue weighted by molar-refractivity contribution is -0.389. The predicted octanol–water partition coefficient (Wildman–Crippen LogP) is 0.188. The molecule has 0 spiro atoms. The van der Waals surface area contributed by atoms with Crippen LogP contribution in [0.25, 0.3) is 0 Å². The molecule has 1 rings (SSSR count). The smallest absolute Gasteiger partial charge is 0.358 e. The molecular weight excluding hydrogens is 202 g/mol. The number of hydroxylamine groups is 1. The molecule has 0 bridgehead atoms. The van der Waals surface area contributed by atoms with Gasteiger partial charge in [0.25, 0.3) is 0 Å². The van der Waals surface area contributed by atoms with Crippen LogP contribution in [0.4, 0.5) is 5.82 Å². The fourth-order valence-electron chi connectivity index (χ4n) is 1.02. The van der Waals surface area contributed by atoms with Gasteiger partial charge >= 0.3 is 5.82 Å². The molecule has 0 amide bonds. The summed E-state index contributed by atoms with van der Waals surface area (Å²) in [5.74, 6) is 0.216. The number of hydrogen-bond donors (Lipinski definition) is 2. The zero-order chi connectivity index (χ0) is 11.3. The van der Waals surface area contributed by atoms with Crippen LogP contribution in [0.1, 0.15) is 6.42 Å². The minimum absolute atomic E-state index is 0.193. The van der Waals surface area contributed by atoms with Crippen molar-refractivity contribution in [2.24, 2.45) is 4.99 Å². The van der Waals surface area contributed by atoms with E-state index in [1.807, 2.05) is 5.48 Å². The molecule has 0 aliphatic heterocycles. The fraction of sp³-hybridized carbons (Fsp3) is 0.429. The van der Waals surface area contributed by atoms with Gasteiger partial charge in [0, 0.05) is 20.0 Å². The molecule has 8 nitrogen and oxygen atoms in total. The Balaban J connectivity index is 2.54. The van der Waals surface area contributed by atoms with E-state index in [9.17, 15) is 10.1 Å². The van der Waals surface area contributed by atoms with Gasteiger partial charge in [-0.15, -0.1) is 0 Å². The largest absolute Gasteiger partial charge is 0.381 e. The predicted molar refractivity (Wildman–Crippen MR) is 51.8 cm³/mol. The van der Waals surface area contributed by atoms with Crippen LogP contribution in [-0.2, 0) is 6.54 Å². The number of hydrogen-bond acceptors (Lipinski definition) is 5. The third-order valence-corrected chi connectivity index (χ3v) is 1.81. The highest BCUT2D eigenvalue weighted by Crippen LogP contribution is 2.05. The van der Waals surface area contributed by atoms with Crippen molar-refractivity contribution in [1.29, 1.82) is 0 Å². The Morgan fingerprint density at radius 2 is 2.60 bits per heavy atom. The Kier molecular flexibility index (Phi) is 3.75. The van der Waals surface area contributed by atoms with E-state index in [0.29, 0.717) is 18.8 Å². The fourth-order valence-corrected chi connectivity index (χ4v) is 1.02. The highest BCUT2D eigenvalue weighted by atomic mass is 16.6. The first-order chi connectivity index (χ1) is 7.17. The van der Waals surface area contributed by atoms with Gasteiger partial charge < -0.3 is 14.7 Å². The second-order valence-electron chi connectivity index (χ2n) is 2.76. The summed E-state index contributed by atoms with van der Waals surface area (Å²) in [6, 6.07) is 0. The lowest BCUT2D eigenvalue weighted by Gasteiger charge is -2.02. The molecule has 8 heteroatoms. The SMILES string of the molecule is CN=C(CCn1cnc([N+](=O)[O-])c1)NO.